The van der Waals surface area contributed by atoms with Crippen molar-refractivity contribution in [1.29, 1.82) is 0 Å². The molecule has 106 valence electrons. The van der Waals surface area contributed by atoms with Gasteiger partial charge in [-0.05, 0) is 31.6 Å². The number of nitrogens with zero attached hydrogens (tertiary/aromatic N) is 3. The number of nitrogens with two attached hydrogens (primary N) is 1. The third kappa shape index (κ3) is 2.81. The van der Waals surface area contributed by atoms with E-state index in [0.29, 0.717) is 12.2 Å². The molecule has 1 aromatic rings. The molecule has 2 atom stereocenters. The molecule has 0 aliphatic carbocycles. The van der Waals surface area contributed by atoms with Crippen molar-refractivity contribution in [2.45, 2.75) is 44.7 Å². The van der Waals surface area contributed by atoms with E-state index in [1.165, 1.54) is 0 Å². The van der Waals surface area contributed by atoms with E-state index in [4.69, 9.17) is 5.73 Å². The van der Waals surface area contributed by atoms with E-state index in [1.807, 2.05) is 4.68 Å². The molecule has 2 unspecified atom stereocenters. The first kappa shape index (κ1) is 13.1. The number of sulfone groups is 1. The minimum absolute atomic E-state index is 0.0231. The van der Waals surface area contributed by atoms with Gasteiger partial charge in [-0.25, -0.2) is 18.1 Å². The number of hydrogen-bond donors (Lipinski definition) is 1. The highest BCUT2D eigenvalue weighted by molar-refractivity contribution is 7.91. The standard InChI is InChI=1S/C12H20N4O2S/c13-10-4-1-5-16-12(10)14-11(15-16)7-9-3-2-6-19(17,18)8-9/h9-10H,1-8,13H2. The largest absolute Gasteiger partial charge is 0.321 e. The molecule has 1 fully saturated rings. The molecule has 1 aromatic heterocycles. The van der Waals surface area contributed by atoms with Gasteiger partial charge in [0.1, 0.15) is 5.82 Å². The van der Waals surface area contributed by atoms with Gasteiger partial charge < -0.3 is 5.73 Å². The van der Waals surface area contributed by atoms with Crippen LogP contribution in [0.5, 0.6) is 0 Å². The Balaban J connectivity index is 1.73. The Kier molecular flexibility index (Phi) is 3.34. The Morgan fingerprint density at radius 2 is 2.16 bits per heavy atom. The highest BCUT2D eigenvalue weighted by Crippen LogP contribution is 2.24. The summed E-state index contributed by atoms with van der Waals surface area (Å²) in [6.45, 7) is 0.874. The molecule has 3 rings (SSSR count). The maximum atomic E-state index is 11.6. The fourth-order valence-corrected chi connectivity index (χ4v) is 4.83. The summed E-state index contributed by atoms with van der Waals surface area (Å²) in [5, 5.41) is 4.47. The van der Waals surface area contributed by atoms with Crippen molar-refractivity contribution in [1.82, 2.24) is 14.8 Å². The normalized spacial score (nSPS) is 29.9. The van der Waals surface area contributed by atoms with Gasteiger partial charge in [0.15, 0.2) is 15.7 Å². The van der Waals surface area contributed by atoms with Crippen LogP contribution >= 0.6 is 0 Å². The van der Waals surface area contributed by atoms with Gasteiger partial charge in [0.05, 0.1) is 17.5 Å². The van der Waals surface area contributed by atoms with E-state index in [2.05, 4.69) is 10.1 Å². The minimum atomic E-state index is -2.85. The van der Waals surface area contributed by atoms with Crippen molar-refractivity contribution in [3.05, 3.63) is 11.6 Å². The quantitative estimate of drug-likeness (QED) is 0.851. The molecular weight excluding hydrogens is 264 g/mol. The van der Waals surface area contributed by atoms with Gasteiger partial charge in [0, 0.05) is 13.0 Å². The summed E-state index contributed by atoms with van der Waals surface area (Å²) < 4.78 is 25.2. The maximum Gasteiger partial charge on any atom is 0.151 e. The van der Waals surface area contributed by atoms with E-state index in [1.54, 1.807) is 0 Å². The van der Waals surface area contributed by atoms with Crippen molar-refractivity contribution in [3.8, 4) is 0 Å². The fourth-order valence-electron chi connectivity index (χ4n) is 3.06. The third-order valence-electron chi connectivity index (χ3n) is 3.99. The minimum Gasteiger partial charge on any atom is -0.321 e. The van der Waals surface area contributed by atoms with Gasteiger partial charge in [-0.2, -0.15) is 5.10 Å². The van der Waals surface area contributed by atoms with Crippen LogP contribution in [-0.4, -0.2) is 34.7 Å². The number of rotatable bonds is 2. The Morgan fingerprint density at radius 1 is 1.32 bits per heavy atom. The average molecular weight is 284 g/mol. The lowest BCUT2D eigenvalue weighted by Crippen LogP contribution is -2.26. The van der Waals surface area contributed by atoms with Crippen LogP contribution in [0.2, 0.25) is 0 Å². The first-order chi connectivity index (χ1) is 9.03. The molecule has 1 saturated heterocycles. The van der Waals surface area contributed by atoms with Crippen LogP contribution in [0.15, 0.2) is 0 Å². The Bertz CT molecular complexity index is 566. The number of aromatic nitrogens is 3. The van der Waals surface area contributed by atoms with Crippen molar-refractivity contribution >= 4 is 9.84 Å². The summed E-state index contributed by atoms with van der Waals surface area (Å²) in [6, 6.07) is -0.0231. The molecule has 2 aliphatic heterocycles. The van der Waals surface area contributed by atoms with E-state index >= 15 is 0 Å². The molecule has 19 heavy (non-hydrogen) atoms. The molecule has 7 heteroatoms. The number of hydrogen-bond acceptors (Lipinski definition) is 5. The summed E-state index contributed by atoms with van der Waals surface area (Å²) in [5.74, 6) is 2.40. The Hall–Kier alpha value is -0.950. The van der Waals surface area contributed by atoms with Crippen LogP contribution < -0.4 is 5.73 Å². The van der Waals surface area contributed by atoms with Gasteiger partial charge in [-0.15, -0.1) is 0 Å². The number of fused-ring (bicyclic) bond motifs is 1. The summed E-state index contributed by atoms with van der Waals surface area (Å²) in [5.41, 5.74) is 6.02. The van der Waals surface area contributed by atoms with Crippen LogP contribution in [0.1, 0.15) is 43.4 Å². The lowest BCUT2D eigenvalue weighted by atomic mass is 10.0. The van der Waals surface area contributed by atoms with Crippen molar-refractivity contribution in [2.24, 2.45) is 11.7 Å². The molecule has 0 spiro atoms. The predicted octanol–water partition coefficient (Wildman–Crippen LogP) is 0.439. The maximum absolute atomic E-state index is 11.6. The summed E-state index contributed by atoms with van der Waals surface area (Å²) in [6.07, 6.45) is 4.37. The zero-order valence-corrected chi connectivity index (χ0v) is 11.8. The lowest BCUT2D eigenvalue weighted by Gasteiger charge is -2.20. The monoisotopic (exact) mass is 284 g/mol. The van der Waals surface area contributed by atoms with Crippen LogP contribution in [0.25, 0.3) is 0 Å². The molecule has 0 amide bonds. The van der Waals surface area contributed by atoms with Gasteiger partial charge in [0.25, 0.3) is 0 Å². The summed E-state index contributed by atoms with van der Waals surface area (Å²) >= 11 is 0. The molecule has 2 aliphatic rings. The molecule has 0 radical (unpaired) electrons. The molecule has 2 N–H and O–H groups in total. The van der Waals surface area contributed by atoms with Crippen LogP contribution in [0.4, 0.5) is 0 Å². The molecule has 3 heterocycles. The van der Waals surface area contributed by atoms with Crippen molar-refractivity contribution < 1.29 is 8.42 Å². The molecule has 6 nitrogen and oxygen atoms in total. The fraction of sp³-hybridized carbons (Fsp3) is 0.833. The van der Waals surface area contributed by atoms with E-state index in [9.17, 15) is 8.42 Å². The van der Waals surface area contributed by atoms with Crippen LogP contribution in [0.3, 0.4) is 0 Å². The second-order valence-corrected chi connectivity index (χ2v) is 7.91. The smallest absolute Gasteiger partial charge is 0.151 e. The van der Waals surface area contributed by atoms with Gasteiger partial charge in [-0.1, -0.05) is 0 Å². The summed E-state index contributed by atoms with van der Waals surface area (Å²) in [4.78, 5) is 4.51. The van der Waals surface area contributed by atoms with E-state index in [0.717, 1.165) is 43.9 Å². The third-order valence-corrected chi connectivity index (χ3v) is 5.88. The van der Waals surface area contributed by atoms with Gasteiger partial charge in [-0.3, -0.25) is 0 Å². The highest BCUT2D eigenvalue weighted by Gasteiger charge is 2.27. The van der Waals surface area contributed by atoms with Crippen molar-refractivity contribution in [3.63, 3.8) is 0 Å². The second-order valence-electron chi connectivity index (χ2n) is 5.68. The predicted molar refractivity (Wildman–Crippen MR) is 71.3 cm³/mol. The van der Waals surface area contributed by atoms with Crippen molar-refractivity contribution in [2.75, 3.05) is 11.5 Å². The Labute approximate surface area is 113 Å². The van der Waals surface area contributed by atoms with Crippen LogP contribution in [0, 0.1) is 5.92 Å². The molecule has 0 saturated carbocycles. The molecule has 0 bridgehead atoms. The zero-order chi connectivity index (χ0) is 13.5. The van der Waals surface area contributed by atoms with E-state index in [-0.39, 0.29) is 17.7 Å². The first-order valence-electron chi connectivity index (χ1n) is 6.93. The van der Waals surface area contributed by atoms with Crippen LogP contribution in [-0.2, 0) is 22.8 Å². The van der Waals surface area contributed by atoms with Gasteiger partial charge in [0.2, 0.25) is 0 Å². The average Bonchev–Trinajstić information content (AvgIpc) is 2.71. The lowest BCUT2D eigenvalue weighted by molar-refractivity contribution is 0.420. The SMILES string of the molecule is NC1CCCn2nc(CC3CCCS(=O)(=O)C3)nc21. The zero-order valence-electron chi connectivity index (χ0n) is 11.0. The second kappa shape index (κ2) is 4.86. The molecule has 0 aromatic carbocycles. The van der Waals surface area contributed by atoms with E-state index < -0.39 is 9.84 Å². The number of aryl methyl sites for hydroxylation is 1. The van der Waals surface area contributed by atoms with Gasteiger partial charge >= 0.3 is 0 Å². The Morgan fingerprint density at radius 3 is 2.89 bits per heavy atom. The summed E-state index contributed by atoms with van der Waals surface area (Å²) in [7, 11) is -2.85. The first-order valence-corrected chi connectivity index (χ1v) is 8.75. The molecular formula is C12H20N4O2S. The highest BCUT2D eigenvalue weighted by atomic mass is 32.2. The topological polar surface area (TPSA) is 90.9 Å².